The van der Waals surface area contributed by atoms with Gasteiger partial charge in [0, 0.05) is 11.6 Å². The van der Waals surface area contributed by atoms with E-state index in [1.165, 1.54) is 30.0 Å². The van der Waals surface area contributed by atoms with Gasteiger partial charge in [0.25, 0.3) is 0 Å². The van der Waals surface area contributed by atoms with Crippen LogP contribution in [0.3, 0.4) is 0 Å². The lowest BCUT2D eigenvalue weighted by Gasteiger charge is -2.28. The van der Waals surface area contributed by atoms with Gasteiger partial charge in [0.05, 0.1) is 7.11 Å². The van der Waals surface area contributed by atoms with Crippen molar-refractivity contribution in [3.63, 3.8) is 0 Å². The lowest BCUT2D eigenvalue weighted by atomic mass is 9.89. The molecule has 0 saturated heterocycles. The van der Waals surface area contributed by atoms with E-state index in [2.05, 4.69) is 44.1 Å². The van der Waals surface area contributed by atoms with Crippen LogP contribution in [0.2, 0.25) is 0 Å². The van der Waals surface area contributed by atoms with Crippen LogP contribution in [0.5, 0.6) is 5.75 Å². The Kier molecular flexibility index (Phi) is 5.43. The van der Waals surface area contributed by atoms with Crippen LogP contribution in [0, 0.1) is 11.7 Å². The predicted octanol–water partition coefficient (Wildman–Crippen LogP) is 5.47. The summed E-state index contributed by atoms with van der Waals surface area (Å²) < 4.78 is 20.0. The number of ether oxygens (including phenoxy) is 1. The zero-order valence-electron chi connectivity index (χ0n) is 15.7. The highest BCUT2D eigenvalue weighted by atomic mass is 19.1. The van der Waals surface area contributed by atoms with Crippen LogP contribution in [-0.4, -0.2) is 26.1 Å². The minimum absolute atomic E-state index is 0.196. The third-order valence-corrected chi connectivity index (χ3v) is 5.06. The molecule has 25 heavy (non-hydrogen) atoms. The van der Waals surface area contributed by atoms with E-state index in [0.717, 1.165) is 18.4 Å². The van der Waals surface area contributed by atoms with E-state index in [9.17, 15) is 4.39 Å². The van der Waals surface area contributed by atoms with E-state index >= 15 is 0 Å². The molecule has 0 spiro atoms. The largest absolute Gasteiger partial charge is 0.497 e. The molecule has 3 heteroatoms. The van der Waals surface area contributed by atoms with Crippen molar-refractivity contribution >= 4 is 0 Å². The number of benzene rings is 2. The molecule has 0 aromatic heterocycles. The van der Waals surface area contributed by atoms with Crippen molar-refractivity contribution < 1.29 is 9.13 Å². The first-order valence-electron chi connectivity index (χ1n) is 9.18. The Morgan fingerprint density at radius 2 is 1.88 bits per heavy atom. The highest BCUT2D eigenvalue weighted by Gasteiger charge is 2.35. The summed E-state index contributed by atoms with van der Waals surface area (Å²) in [5.74, 6) is 1.16. The Labute approximate surface area is 150 Å². The number of nitrogens with zero attached hydrogens (tertiary/aromatic N) is 1. The number of hydrogen-bond acceptors (Lipinski definition) is 2. The fourth-order valence-electron chi connectivity index (χ4n) is 3.75. The second kappa shape index (κ2) is 7.57. The van der Waals surface area contributed by atoms with Crippen LogP contribution in [0.4, 0.5) is 4.39 Å². The molecule has 0 N–H and O–H groups in total. The van der Waals surface area contributed by atoms with Gasteiger partial charge in [0.1, 0.15) is 11.6 Å². The number of rotatable bonds is 7. The van der Waals surface area contributed by atoms with E-state index < -0.39 is 0 Å². The van der Waals surface area contributed by atoms with Crippen molar-refractivity contribution in [2.75, 3.05) is 21.2 Å². The topological polar surface area (TPSA) is 12.5 Å². The highest BCUT2D eigenvalue weighted by Crippen LogP contribution is 2.47. The van der Waals surface area contributed by atoms with Gasteiger partial charge in [-0.15, -0.1) is 0 Å². The summed E-state index contributed by atoms with van der Waals surface area (Å²) in [5, 5.41) is 0. The van der Waals surface area contributed by atoms with Crippen LogP contribution >= 0.6 is 0 Å². The third kappa shape index (κ3) is 3.87. The first-order chi connectivity index (χ1) is 12.0. The molecule has 0 amide bonds. The number of aryl methyl sites for hydroxylation is 1. The van der Waals surface area contributed by atoms with Gasteiger partial charge in [0.2, 0.25) is 0 Å². The number of hydrogen-bond donors (Lipinski definition) is 0. The van der Waals surface area contributed by atoms with Gasteiger partial charge >= 0.3 is 0 Å². The van der Waals surface area contributed by atoms with Gasteiger partial charge in [-0.3, -0.25) is 0 Å². The Bertz CT molecular complexity index is 735. The zero-order chi connectivity index (χ0) is 18.0. The average molecular weight is 341 g/mol. The van der Waals surface area contributed by atoms with Crippen LogP contribution in [-0.2, 0) is 6.42 Å². The average Bonchev–Trinajstić information content (AvgIpc) is 3.41. The second-order valence-electron chi connectivity index (χ2n) is 7.26. The maximum absolute atomic E-state index is 14.6. The van der Waals surface area contributed by atoms with Crippen molar-refractivity contribution in [2.24, 2.45) is 5.92 Å². The van der Waals surface area contributed by atoms with Crippen molar-refractivity contribution in [1.82, 2.24) is 4.90 Å². The van der Waals surface area contributed by atoms with Gasteiger partial charge < -0.3 is 9.64 Å². The monoisotopic (exact) mass is 341 g/mol. The minimum atomic E-state index is -0.196. The van der Waals surface area contributed by atoms with E-state index in [1.54, 1.807) is 13.2 Å². The lowest BCUT2D eigenvalue weighted by Crippen LogP contribution is -2.22. The summed E-state index contributed by atoms with van der Waals surface area (Å²) in [6, 6.07) is 11.8. The van der Waals surface area contributed by atoms with E-state index in [-0.39, 0.29) is 5.82 Å². The van der Waals surface area contributed by atoms with E-state index in [1.807, 2.05) is 6.07 Å². The van der Waals surface area contributed by atoms with Gasteiger partial charge in [-0.05, 0) is 74.2 Å². The molecule has 3 rings (SSSR count). The quantitative estimate of drug-likeness (QED) is 0.662. The molecule has 1 unspecified atom stereocenters. The molecule has 0 heterocycles. The lowest BCUT2D eigenvalue weighted by molar-refractivity contribution is 0.270. The first kappa shape index (κ1) is 17.9. The number of halogens is 1. The summed E-state index contributed by atoms with van der Waals surface area (Å²) in [7, 11) is 5.87. The Balaban J connectivity index is 2.15. The van der Waals surface area contributed by atoms with Crippen LogP contribution in [0.1, 0.15) is 43.4 Å². The summed E-state index contributed by atoms with van der Waals surface area (Å²) in [6.45, 7) is 2.19. The maximum atomic E-state index is 14.6. The maximum Gasteiger partial charge on any atom is 0.131 e. The molecule has 0 aliphatic heterocycles. The molecule has 2 aromatic carbocycles. The molecular formula is C22H28FNO. The summed E-state index contributed by atoms with van der Waals surface area (Å²) in [6.07, 6.45) is 4.67. The van der Waals surface area contributed by atoms with E-state index in [4.69, 9.17) is 4.74 Å². The number of methoxy groups -OCH3 is 1. The molecule has 1 aliphatic carbocycles. The normalized spacial score (nSPS) is 15.4. The van der Waals surface area contributed by atoms with Gasteiger partial charge in [-0.1, -0.05) is 31.5 Å². The highest BCUT2D eigenvalue weighted by molar-refractivity contribution is 5.70. The minimum Gasteiger partial charge on any atom is -0.497 e. The Hall–Kier alpha value is -1.87. The van der Waals surface area contributed by atoms with Gasteiger partial charge in [0.15, 0.2) is 0 Å². The molecule has 1 aliphatic rings. The SMILES string of the molecule is CCCc1ccc(-c2cc(OC)ccc2F)c(C(C2CC2)N(C)C)c1. The molecule has 0 bridgehead atoms. The van der Waals surface area contributed by atoms with Crippen LogP contribution in [0.15, 0.2) is 36.4 Å². The molecular weight excluding hydrogens is 313 g/mol. The molecule has 2 aromatic rings. The Morgan fingerprint density at radius 1 is 1.12 bits per heavy atom. The summed E-state index contributed by atoms with van der Waals surface area (Å²) in [4.78, 5) is 2.28. The zero-order valence-corrected chi connectivity index (χ0v) is 15.7. The van der Waals surface area contributed by atoms with E-state index in [0.29, 0.717) is 23.3 Å². The smallest absolute Gasteiger partial charge is 0.131 e. The van der Waals surface area contributed by atoms with Gasteiger partial charge in [-0.25, -0.2) is 4.39 Å². The first-order valence-corrected chi connectivity index (χ1v) is 9.18. The van der Waals surface area contributed by atoms with Crippen molar-refractivity contribution in [2.45, 2.75) is 38.6 Å². The second-order valence-corrected chi connectivity index (χ2v) is 7.26. The molecule has 2 nitrogen and oxygen atoms in total. The fraction of sp³-hybridized carbons (Fsp3) is 0.455. The van der Waals surface area contributed by atoms with Crippen molar-refractivity contribution in [1.29, 1.82) is 0 Å². The van der Waals surface area contributed by atoms with Gasteiger partial charge in [-0.2, -0.15) is 0 Å². The third-order valence-electron chi connectivity index (χ3n) is 5.06. The molecule has 1 atom stereocenters. The van der Waals surface area contributed by atoms with Crippen LogP contribution in [0.25, 0.3) is 11.1 Å². The van der Waals surface area contributed by atoms with Crippen molar-refractivity contribution in [3.8, 4) is 16.9 Å². The fourth-order valence-corrected chi connectivity index (χ4v) is 3.75. The Morgan fingerprint density at radius 3 is 2.48 bits per heavy atom. The molecule has 1 saturated carbocycles. The summed E-state index contributed by atoms with van der Waals surface area (Å²) >= 11 is 0. The van der Waals surface area contributed by atoms with Crippen LogP contribution < -0.4 is 4.74 Å². The predicted molar refractivity (Wildman–Crippen MR) is 102 cm³/mol. The summed E-state index contributed by atoms with van der Waals surface area (Å²) in [5.41, 5.74) is 4.19. The molecule has 1 fully saturated rings. The van der Waals surface area contributed by atoms with Crippen molar-refractivity contribution in [3.05, 3.63) is 53.3 Å². The standard InChI is InChI=1S/C22H28FNO/c1-5-6-15-7-11-18(19-14-17(25-4)10-12-21(19)23)20(13-15)22(24(2)3)16-8-9-16/h7,10-14,16,22H,5-6,8-9H2,1-4H3. The molecule has 134 valence electrons. The molecule has 0 radical (unpaired) electrons.